The summed E-state index contributed by atoms with van der Waals surface area (Å²) in [5.41, 5.74) is 1.98. The van der Waals surface area contributed by atoms with Crippen LogP contribution in [-0.4, -0.2) is 40.0 Å². The maximum absolute atomic E-state index is 12.2. The quantitative estimate of drug-likeness (QED) is 0.921. The van der Waals surface area contributed by atoms with E-state index >= 15 is 0 Å². The average molecular weight is 298 g/mol. The molecule has 1 aromatic heterocycles. The molecule has 2 heterocycles. The van der Waals surface area contributed by atoms with Crippen LogP contribution < -0.4 is 5.32 Å². The van der Waals surface area contributed by atoms with E-state index in [-0.39, 0.29) is 5.91 Å². The number of benzene rings is 1. The molecule has 0 unspecified atom stereocenters. The molecule has 1 saturated heterocycles. The molecule has 1 fully saturated rings. The number of nitrogens with one attached hydrogen (secondary N) is 1. The molecule has 116 valence electrons. The summed E-state index contributed by atoms with van der Waals surface area (Å²) in [6.07, 6.45) is 6.15. The number of carbonyl (C=O) groups excluding carboxylic acids is 1. The van der Waals surface area contributed by atoms with Crippen molar-refractivity contribution in [1.82, 2.24) is 14.5 Å². The number of hydrogen-bond acceptors (Lipinski definition) is 3. The van der Waals surface area contributed by atoms with Crippen LogP contribution in [0, 0.1) is 6.92 Å². The van der Waals surface area contributed by atoms with Crippen LogP contribution in [0.15, 0.2) is 36.7 Å². The van der Waals surface area contributed by atoms with Gasteiger partial charge in [0.25, 0.3) is 0 Å². The van der Waals surface area contributed by atoms with Gasteiger partial charge in [0.15, 0.2) is 0 Å². The Kier molecular flexibility index (Phi) is 4.53. The summed E-state index contributed by atoms with van der Waals surface area (Å²) in [7, 11) is 0. The summed E-state index contributed by atoms with van der Waals surface area (Å²) in [5.74, 6) is 1.04. The summed E-state index contributed by atoms with van der Waals surface area (Å²) in [5, 5.41) is 3.05. The number of anilines is 1. The van der Waals surface area contributed by atoms with E-state index in [2.05, 4.69) is 19.8 Å². The van der Waals surface area contributed by atoms with Gasteiger partial charge in [0, 0.05) is 18.1 Å². The van der Waals surface area contributed by atoms with Crippen molar-refractivity contribution in [2.75, 3.05) is 25.0 Å². The van der Waals surface area contributed by atoms with E-state index in [1.807, 2.05) is 37.4 Å². The number of amides is 1. The Morgan fingerprint density at radius 2 is 2.05 bits per heavy atom. The van der Waals surface area contributed by atoms with Gasteiger partial charge < -0.3 is 9.88 Å². The van der Waals surface area contributed by atoms with Crippen LogP contribution in [0.4, 0.5) is 5.69 Å². The monoisotopic (exact) mass is 298 g/mol. The molecule has 0 spiro atoms. The van der Waals surface area contributed by atoms with Crippen LogP contribution >= 0.6 is 0 Å². The van der Waals surface area contributed by atoms with Gasteiger partial charge in [-0.2, -0.15) is 0 Å². The highest BCUT2D eigenvalue weighted by Crippen LogP contribution is 2.17. The van der Waals surface area contributed by atoms with E-state index in [4.69, 9.17) is 0 Å². The third-order valence-electron chi connectivity index (χ3n) is 4.12. The summed E-state index contributed by atoms with van der Waals surface area (Å²) in [4.78, 5) is 18.7. The molecule has 0 aliphatic carbocycles. The van der Waals surface area contributed by atoms with Gasteiger partial charge in [-0.05, 0) is 44.5 Å². The fourth-order valence-corrected chi connectivity index (χ4v) is 2.87. The Balaban J connectivity index is 1.68. The second-order valence-electron chi connectivity index (χ2n) is 5.79. The van der Waals surface area contributed by atoms with Crippen molar-refractivity contribution in [3.8, 4) is 0 Å². The van der Waals surface area contributed by atoms with E-state index in [1.165, 1.54) is 12.8 Å². The van der Waals surface area contributed by atoms with Crippen LogP contribution in [0.1, 0.15) is 24.2 Å². The van der Waals surface area contributed by atoms with E-state index in [1.54, 1.807) is 6.20 Å². The number of aryl methyl sites for hydroxylation is 1. The molecular weight excluding hydrogens is 276 g/mol. The number of imidazole rings is 1. The van der Waals surface area contributed by atoms with Crippen molar-refractivity contribution in [3.63, 3.8) is 0 Å². The minimum Gasteiger partial charge on any atom is -0.331 e. The van der Waals surface area contributed by atoms with Crippen molar-refractivity contribution in [1.29, 1.82) is 0 Å². The first-order valence-electron chi connectivity index (χ1n) is 7.80. The molecule has 2 aromatic rings. The van der Waals surface area contributed by atoms with Gasteiger partial charge in [-0.25, -0.2) is 4.98 Å². The van der Waals surface area contributed by atoms with Crippen LogP contribution in [0.3, 0.4) is 0 Å². The number of aromatic nitrogens is 2. The fourth-order valence-electron chi connectivity index (χ4n) is 2.87. The van der Waals surface area contributed by atoms with Crippen LogP contribution in [-0.2, 0) is 11.3 Å². The summed E-state index contributed by atoms with van der Waals surface area (Å²) in [6.45, 7) is 5.24. The van der Waals surface area contributed by atoms with Crippen molar-refractivity contribution in [3.05, 3.63) is 48.0 Å². The Hall–Kier alpha value is -2.14. The standard InChI is InChI=1S/C17H22N4O/c1-14-18-8-11-21(14)12-15-6-2-3-7-16(15)19-17(22)13-20-9-4-5-10-20/h2-3,6-8,11H,4-5,9-10,12-13H2,1H3,(H,19,22). The second kappa shape index (κ2) is 6.75. The Morgan fingerprint density at radius 3 is 2.77 bits per heavy atom. The predicted molar refractivity (Wildman–Crippen MR) is 86.8 cm³/mol. The minimum absolute atomic E-state index is 0.0664. The first-order chi connectivity index (χ1) is 10.7. The zero-order valence-electron chi connectivity index (χ0n) is 13.0. The summed E-state index contributed by atoms with van der Waals surface area (Å²) >= 11 is 0. The molecule has 5 heteroatoms. The molecule has 0 radical (unpaired) electrons. The molecule has 1 aliphatic heterocycles. The van der Waals surface area contributed by atoms with E-state index in [9.17, 15) is 4.79 Å². The number of likely N-dealkylation sites (tertiary alicyclic amines) is 1. The highest BCUT2D eigenvalue weighted by molar-refractivity contribution is 5.93. The third-order valence-corrected chi connectivity index (χ3v) is 4.12. The predicted octanol–water partition coefficient (Wildman–Crippen LogP) is 2.27. The van der Waals surface area contributed by atoms with Gasteiger partial charge in [-0.1, -0.05) is 18.2 Å². The van der Waals surface area contributed by atoms with Gasteiger partial charge in [0.1, 0.15) is 5.82 Å². The Labute approximate surface area is 131 Å². The van der Waals surface area contributed by atoms with Gasteiger partial charge >= 0.3 is 0 Å². The van der Waals surface area contributed by atoms with Gasteiger partial charge in [0.05, 0.1) is 13.1 Å². The second-order valence-corrected chi connectivity index (χ2v) is 5.79. The largest absolute Gasteiger partial charge is 0.331 e. The molecule has 1 aliphatic rings. The summed E-state index contributed by atoms with van der Waals surface area (Å²) in [6, 6.07) is 7.96. The van der Waals surface area contributed by atoms with Gasteiger partial charge in [-0.3, -0.25) is 9.69 Å². The van der Waals surface area contributed by atoms with Crippen molar-refractivity contribution in [2.24, 2.45) is 0 Å². The molecule has 3 rings (SSSR count). The van der Waals surface area contributed by atoms with Crippen molar-refractivity contribution in [2.45, 2.75) is 26.3 Å². The smallest absolute Gasteiger partial charge is 0.238 e. The highest BCUT2D eigenvalue weighted by atomic mass is 16.2. The fraction of sp³-hybridized carbons (Fsp3) is 0.412. The highest BCUT2D eigenvalue weighted by Gasteiger charge is 2.16. The number of hydrogen-bond donors (Lipinski definition) is 1. The lowest BCUT2D eigenvalue weighted by molar-refractivity contribution is -0.117. The molecule has 22 heavy (non-hydrogen) atoms. The van der Waals surface area contributed by atoms with Crippen LogP contribution in [0.25, 0.3) is 0 Å². The lowest BCUT2D eigenvalue weighted by Gasteiger charge is -2.16. The number of nitrogens with zero attached hydrogens (tertiary/aromatic N) is 3. The Morgan fingerprint density at radius 1 is 1.27 bits per heavy atom. The normalized spacial score (nSPS) is 15.1. The zero-order valence-corrected chi connectivity index (χ0v) is 13.0. The van der Waals surface area contributed by atoms with E-state index in [0.29, 0.717) is 13.1 Å². The molecule has 1 aromatic carbocycles. The van der Waals surface area contributed by atoms with E-state index < -0.39 is 0 Å². The third kappa shape index (κ3) is 3.54. The molecule has 0 bridgehead atoms. The zero-order chi connectivity index (χ0) is 15.4. The lowest BCUT2D eigenvalue weighted by Crippen LogP contribution is -2.31. The minimum atomic E-state index is 0.0664. The molecule has 0 saturated carbocycles. The maximum atomic E-state index is 12.2. The van der Waals surface area contributed by atoms with Crippen molar-refractivity contribution < 1.29 is 4.79 Å². The topological polar surface area (TPSA) is 50.2 Å². The molecule has 1 amide bonds. The van der Waals surface area contributed by atoms with E-state index in [0.717, 1.165) is 30.2 Å². The number of carbonyl (C=O) groups is 1. The van der Waals surface area contributed by atoms with Gasteiger partial charge in [0.2, 0.25) is 5.91 Å². The lowest BCUT2D eigenvalue weighted by atomic mass is 10.1. The first kappa shape index (κ1) is 14.8. The van der Waals surface area contributed by atoms with Crippen LogP contribution in [0.2, 0.25) is 0 Å². The SMILES string of the molecule is Cc1nccn1Cc1ccccc1NC(=O)CN1CCCC1. The molecular formula is C17H22N4O. The van der Waals surface area contributed by atoms with Crippen molar-refractivity contribution >= 4 is 11.6 Å². The Bertz CT molecular complexity index is 644. The summed E-state index contributed by atoms with van der Waals surface area (Å²) < 4.78 is 2.07. The molecule has 5 nitrogen and oxygen atoms in total. The molecule has 0 atom stereocenters. The van der Waals surface area contributed by atoms with Gasteiger partial charge in [-0.15, -0.1) is 0 Å². The molecule has 1 N–H and O–H groups in total. The first-order valence-corrected chi connectivity index (χ1v) is 7.80. The number of para-hydroxylation sites is 1. The average Bonchev–Trinajstić information content (AvgIpc) is 3.14. The van der Waals surface area contributed by atoms with Crippen LogP contribution in [0.5, 0.6) is 0 Å². The number of rotatable bonds is 5. The maximum Gasteiger partial charge on any atom is 0.238 e.